The Kier molecular flexibility index (Phi) is 28.3. The van der Waals surface area contributed by atoms with E-state index in [1.165, 1.54) is 0 Å². The van der Waals surface area contributed by atoms with Crippen LogP contribution < -0.4 is 5.32 Å². The van der Waals surface area contributed by atoms with Crippen LogP contribution in [-0.2, 0) is 33.2 Å². The molecule has 19 heteroatoms. The summed E-state index contributed by atoms with van der Waals surface area (Å²) in [4.78, 5) is 13.1. The van der Waals surface area contributed by atoms with Gasteiger partial charge in [0.2, 0.25) is 5.91 Å². The van der Waals surface area contributed by atoms with Gasteiger partial charge in [0, 0.05) is 6.42 Å². The van der Waals surface area contributed by atoms with Gasteiger partial charge in [-0.2, -0.15) is 0 Å². The van der Waals surface area contributed by atoms with Gasteiger partial charge in [0.1, 0.15) is 73.2 Å². The molecule has 0 radical (unpaired) electrons. The molecule has 3 rings (SSSR count). The number of hydrogen-bond donors (Lipinski definition) is 12. The minimum Gasteiger partial charge on any atom is -0.394 e. The number of carbonyl (C=O) groups excluding carboxylic acids is 1. The van der Waals surface area contributed by atoms with Crippen molar-refractivity contribution in [2.24, 2.45) is 0 Å². The molecule has 0 aliphatic carbocycles. The Hall–Kier alpha value is -2.51. The first-order chi connectivity index (χ1) is 31.8. The molecule has 0 spiro atoms. The van der Waals surface area contributed by atoms with E-state index in [4.69, 9.17) is 28.4 Å². The zero-order valence-electron chi connectivity index (χ0n) is 38.4. The van der Waals surface area contributed by atoms with Gasteiger partial charge in [-0.3, -0.25) is 4.79 Å². The highest BCUT2D eigenvalue weighted by atomic mass is 16.8. The Morgan fingerprint density at radius 1 is 0.561 bits per heavy atom. The summed E-state index contributed by atoms with van der Waals surface area (Å²) < 4.78 is 33.9. The third-order valence-corrected chi connectivity index (χ3v) is 11.5. The van der Waals surface area contributed by atoms with E-state index in [2.05, 4.69) is 67.8 Å². The molecule has 3 aliphatic heterocycles. The largest absolute Gasteiger partial charge is 0.394 e. The van der Waals surface area contributed by atoms with Crippen LogP contribution in [0.1, 0.15) is 97.3 Å². The molecule has 66 heavy (non-hydrogen) atoms. The fourth-order valence-electron chi connectivity index (χ4n) is 7.56. The molecule has 1 amide bonds. The molecule has 3 aliphatic rings. The van der Waals surface area contributed by atoms with Crippen LogP contribution in [0, 0.1) is 0 Å². The van der Waals surface area contributed by atoms with Crippen LogP contribution >= 0.6 is 0 Å². The van der Waals surface area contributed by atoms with E-state index in [0.717, 1.165) is 64.2 Å². The molecule has 3 heterocycles. The zero-order valence-corrected chi connectivity index (χ0v) is 38.4. The Labute approximate surface area is 388 Å². The normalized spacial score (nSPS) is 34.3. The van der Waals surface area contributed by atoms with Crippen molar-refractivity contribution in [2.45, 2.75) is 202 Å². The number of hydrogen-bond acceptors (Lipinski definition) is 18. The Morgan fingerprint density at radius 3 is 1.67 bits per heavy atom. The molecule has 17 atom stereocenters. The second-order valence-electron chi connectivity index (χ2n) is 16.8. The summed E-state index contributed by atoms with van der Waals surface area (Å²) in [7, 11) is 0. The van der Waals surface area contributed by atoms with E-state index in [0.29, 0.717) is 12.8 Å². The van der Waals surface area contributed by atoms with Crippen molar-refractivity contribution in [3.8, 4) is 0 Å². The van der Waals surface area contributed by atoms with Crippen LogP contribution in [0.3, 0.4) is 0 Å². The third kappa shape index (κ3) is 18.8. The summed E-state index contributed by atoms with van der Waals surface area (Å²) in [6.07, 6.45) is 4.18. The van der Waals surface area contributed by atoms with Gasteiger partial charge in [0.25, 0.3) is 0 Å². The molecule has 0 aromatic rings. The molecule has 19 nitrogen and oxygen atoms in total. The number of amides is 1. The molecule has 3 fully saturated rings. The molecule has 0 aromatic heterocycles. The summed E-state index contributed by atoms with van der Waals surface area (Å²) in [5, 5.41) is 119. The monoisotopic (exact) mass is 946 g/mol. The van der Waals surface area contributed by atoms with Crippen molar-refractivity contribution >= 4 is 5.91 Å². The molecule has 3 saturated heterocycles. The van der Waals surface area contributed by atoms with Gasteiger partial charge in [-0.25, -0.2) is 0 Å². The van der Waals surface area contributed by atoms with Crippen molar-refractivity contribution in [3.63, 3.8) is 0 Å². The predicted molar refractivity (Wildman–Crippen MR) is 240 cm³/mol. The molecule has 0 saturated carbocycles. The Bertz CT molecular complexity index is 1460. The third-order valence-electron chi connectivity index (χ3n) is 11.5. The first-order valence-corrected chi connectivity index (χ1v) is 23.5. The lowest BCUT2D eigenvalue weighted by Crippen LogP contribution is -2.66. The first kappa shape index (κ1) is 57.8. The van der Waals surface area contributed by atoms with Gasteiger partial charge in [0.05, 0.1) is 38.6 Å². The zero-order chi connectivity index (χ0) is 48.4. The number of ether oxygens (including phenoxy) is 6. The minimum atomic E-state index is -1.98. The lowest BCUT2D eigenvalue weighted by Gasteiger charge is -2.48. The molecule has 12 N–H and O–H groups in total. The average molecular weight is 946 g/mol. The average Bonchev–Trinajstić information content (AvgIpc) is 3.31. The highest BCUT2D eigenvalue weighted by molar-refractivity contribution is 5.76. The summed E-state index contributed by atoms with van der Waals surface area (Å²) in [5.74, 6) is -0.324. The van der Waals surface area contributed by atoms with Crippen LogP contribution in [0.15, 0.2) is 60.8 Å². The SMILES string of the molecule is CC/C=C\C/C=C\C/C=C\CCCCCC(=O)NC(COC1OC(CO)C(OC2OC(CO)C(OC3OC(CO)C(O)C(O)C3O)C(O)C2O)C(O)C1O)C(O)/C=C/CC/C=C/CCCC. The minimum absolute atomic E-state index is 0.196. The topological polar surface area (TPSA) is 307 Å². The van der Waals surface area contributed by atoms with Gasteiger partial charge in [-0.1, -0.05) is 93.9 Å². The summed E-state index contributed by atoms with van der Waals surface area (Å²) >= 11 is 0. The smallest absolute Gasteiger partial charge is 0.220 e. The summed E-state index contributed by atoms with van der Waals surface area (Å²) in [5.41, 5.74) is 0. The molecular formula is C47H79NO18. The van der Waals surface area contributed by atoms with Gasteiger partial charge < -0.3 is 89.9 Å². The highest BCUT2D eigenvalue weighted by Gasteiger charge is 2.53. The predicted octanol–water partition coefficient (Wildman–Crippen LogP) is 0.189. The van der Waals surface area contributed by atoms with Crippen molar-refractivity contribution in [1.82, 2.24) is 5.32 Å². The van der Waals surface area contributed by atoms with E-state index >= 15 is 0 Å². The van der Waals surface area contributed by atoms with E-state index in [-0.39, 0.29) is 18.9 Å². The van der Waals surface area contributed by atoms with Gasteiger partial charge in [0.15, 0.2) is 18.9 Å². The lowest BCUT2D eigenvalue weighted by molar-refractivity contribution is -0.379. The number of carbonyl (C=O) groups is 1. The second kappa shape index (κ2) is 32.3. The second-order valence-corrected chi connectivity index (χ2v) is 16.8. The number of rotatable bonds is 30. The Balaban J connectivity index is 1.60. The van der Waals surface area contributed by atoms with Crippen LogP contribution in [0.4, 0.5) is 0 Å². The van der Waals surface area contributed by atoms with Gasteiger partial charge in [-0.15, -0.1) is 0 Å². The van der Waals surface area contributed by atoms with Crippen LogP contribution in [0.2, 0.25) is 0 Å². The fourth-order valence-corrected chi connectivity index (χ4v) is 7.56. The van der Waals surface area contributed by atoms with Crippen molar-refractivity contribution in [1.29, 1.82) is 0 Å². The van der Waals surface area contributed by atoms with Gasteiger partial charge >= 0.3 is 0 Å². The van der Waals surface area contributed by atoms with E-state index in [1.807, 2.05) is 0 Å². The lowest BCUT2D eigenvalue weighted by atomic mass is 9.96. The van der Waals surface area contributed by atoms with Gasteiger partial charge in [-0.05, 0) is 57.8 Å². The highest BCUT2D eigenvalue weighted by Crippen LogP contribution is 2.33. The Morgan fingerprint density at radius 2 is 1.06 bits per heavy atom. The fraction of sp³-hybridized carbons (Fsp3) is 0.766. The number of aliphatic hydroxyl groups excluding tert-OH is 11. The summed E-state index contributed by atoms with van der Waals surface area (Å²) in [6.45, 7) is 1.40. The molecule has 17 unspecified atom stereocenters. The molecule has 0 aromatic carbocycles. The van der Waals surface area contributed by atoms with Crippen molar-refractivity contribution in [2.75, 3.05) is 26.4 Å². The van der Waals surface area contributed by atoms with Crippen LogP contribution in [0.5, 0.6) is 0 Å². The van der Waals surface area contributed by atoms with E-state index < -0.39 is 124 Å². The molecule has 0 bridgehead atoms. The first-order valence-electron chi connectivity index (χ1n) is 23.5. The van der Waals surface area contributed by atoms with Crippen LogP contribution in [0.25, 0.3) is 0 Å². The number of unbranched alkanes of at least 4 members (excludes halogenated alkanes) is 6. The van der Waals surface area contributed by atoms with Crippen LogP contribution in [-0.4, -0.2) is 193 Å². The molecule has 380 valence electrons. The number of nitrogens with one attached hydrogen (secondary N) is 1. The number of aliphatic hydroxyl groups is 11. The van der Waals surface area contributed by atoms with E-state index in [1.54, 1.807) is 12.2 Å². The maximum atomic E-state index is 13.1. The van der Waals surface area contributed by atoms with Crippen molar-refractivity contribution in [3.05, 3.63) is 60.8 Å². The maximum Gasteiger partial charge on any atom is 0.220 e. The quantitative estimate of drug-likeness (QED) is 0.0338. The molecular weight excluding hydrogens is 867 g/mol. The standard InChI is InChI=1S/C47H79NO18/c1-3-5-7-9-11-13-14-15-16-17-19-21-23-25-35(53)48-30(31(52)24-22-20-18-12-10-8-6-4-2)29-61-45-41(59)38(56)43(33(27-50)63-45)66-47-42(60)39(57)44(34(28-51)64-47)65-46-40(58)37(55)36(54)32(26-49)62-46/h5,7,10-13,15-16,22,24,30-34,36-47,49-52,54-60H,3-4,6,8-9,14,17-21,23,25-29H2,1-2H3,(H,48,53)/b7-5-,12-10+,13-11-,16-15-,24-22+. The number of allylic oxidation sites excluding steroid dienone is 9. The van der Waals surface area contributed by atoms with Crippen molar-refractivity contribution < 1.29 is 89.4 Å². The van der Waals surface area contributed by atoms with E-state index in [9.17, 15) is 61.0 Å². The maximum absolute atomic E-state index is 13.1. The summed E-state index contributed by atoms with van der Waals surface area (Å²) in [6, 6.07) is -1.00.